The molecule has 22 heavy (non-hydrogen) atoms. The Morgan fingerprint density at radius 3 is 1.77 bits per heavy atom. The Hall–Kier alpha value is -1.89. The average molecular weight is 323 g/mol. The third-order valence-corrected chi connectivity index (χ3v) is 7.71. The van der Waals surface area contributed by atoms with Gasteiger partial charge in [-0.1, -0.05) is 84.6 Å². The molecule has 3 aromatic rings. The lowest BCUT2D eigenvalue weighted by Gasteiger charge is -2.26. The van der Waals surface area contributed by atoms with Crippen LogP contribution in [0.25, 0.3) is 0 Å². The summed E-state index contributed by atoms with van der Waals surface area (Å²) in [6, 6.07) is 29.1. The molecule has 3 heteroatoms. The first-order valence-electron chi connectivity index (χ1n) is 7.25. The third-order valence-electron chi connectivity index (χ3n) is 3.54. The van der Waals surface area contributed by atoms with Crippen LogP contribution in [0.4, 0.5) is 5.69 Å². The Morgan fingerprint density at radius 2 is 1.27 bits per heavy atom. The number of benzene rings is 3. The predicted octanol–water partition coefficient (Wildman–Crippen LogP) is 4.45. The zero-order chi connectivity index (χ0) is 15.4. The quantitative estimate of drug-likeness (QED) is 0.712. The molecule has 0 aliphatic heterocycles. The van der Waals surface area contributed by atoms with Crippen LogP contribution >= 0.6 is 6.19 Å². The molecule has 0 aromatic heterocycles. The molecular weight excluding hydrogens is 305 g/mol. The van der Waals surface area contributed by atoms with Crippen molar-refractivity contribution in [3.63, 3.8) is 0 Å². The molecule has 0 saturated carbocycles. The number of rotatable bonds is 4. The second kappa shape index (κ2) is 6.48. The summed E-state index contributed by atoms with van der Waals surface area (Å²) in [5, 5.41) is 6.01. The van der Waals surface area contributed by atoms with E-state index in [9.17, 15) is 0 Å². The molecule has 1 N–H and O–H groups in total. The maximum atomic E-state index is 6.16. The van der Waals surface area contributed by atoms with Gasteiger partial charge in [0, 0.05) is 16.3 Å². The van der Waals surface area contributed by atoms with E-state index in [1.54, 1.807) is 0 Å². The molecule has 0 spiro atoms. The van der Waals surface area contributed by atoms with Gasteiger partial charge >= 0.3 is 0 Å². The van der Waals surface area contributed by atoms with E-state index in [1.807, 2.05) is 12.1 Å². The highest BCUT2D eigenvalue weighted by atomic mass is 32.4. The number of hydrogen-bond acceptors (Lipinski definition) is 1. The van der Waals surface area contributed by atoms with E-state index in [4.69, 9.17) is 11.8 Å². The fraction of sp³-hybridized carbons (Fsp3) is 0.0526. The highest BCUT2D eigenvalue weighted by Gasteiger charge is 2.21. The maximum absolute atomic E-state index is 6.16. The number of nitrogens with one attached hydrogen (secondary N) is 1. The van der Waals surface area contributed by atoms with E-state index in [0.717, 1.165) is 5.69 Å². The van der Waals surface area contributed by atoms with Crippen molar-refractivity contribution in [2.24, 2.45) is 0 Å². The minimum atomic E-state index is -2.08. The van der Waals surface area contributed by atoms with Gasteiger partial charge in [-0.05, 0) is 24.6 Å². The summed E-state index contributed by atoms with van der Waals surface area (Å²) in [5.41, 5.74) is 2.31. The Labute approximate surface area is 137 Å². The van der Waals surface area contributed by atoms with Crippen LogP contribution in [0.15, 0.2) is 84.9 Å². The van der Waals surface area contributed by atoms with Gasteiger partial charge in [0.2, 0.25) is 0 Å². The minimum absolute atomic E-state index is 1.08. The van der Waals surface area contributed by atoms with Gasteiger partial charge in [-0.15, -0.1) is 0 Å². The molecule has 0 amide bonds. The third kappa shape index (κ3) is 3.14. The zero-order valence-electron chi connectivity index (χ0n) is 12.4. The molecule has 0 radical (unpaired) electrons. The zero-order valence-corrected chi connectivity index (χ0v) is 14.1. The van der Waals surface area contributed by atoms with Crippen LogP contribution in [-0.2, 0) is 11.8 Å². The average Bonchev–Trinajstić information content (AvgIpc) is 2.56. The van der Waals surface area contributed by atoms with Gasteiger partial charge in [0.05, 0.1) is 6.19 Å². The molecule has 110 valence electrons. The molecule has 1 nitrogen and oxygen atoms in total. The first kappa shape index (κ1) is 15.0. The largest absolute Gasteiger partial charge is 0.351 e. The molecule has 0 aliphatic rings. The lowest BCUT2D eigenvalue weighted by molar-refractivity contribution is 1.47. The summed E-state index contributed by atoms with van der Waals surface area (Å²) in [4.78, 5) is 0. The van der Waals surface area contributed by atoms with E-state index >= 15 is 0 Å². The number of hydrogen-bond donors (Lipinski definition) is 1. The fourth-order valence-corrected chi connectivity index (χ4v) is 5.74. The molecule has 0 heterocycles. The fourth-order valence-electron chi connectivity index (χ4n) is 2.45. The topological polar surface area (TPSA) is 12.0 Å². The van der Waals surface area contributed by atoms with Crippen molar-refractivity contribution >= 4 is 34.3 Å². The SMILES string of the molecule is Cc1cccc(NP(=S)(c2ccccc2)c2ccccc2)c1. The van der Waals surface area contributed by atoms with Crippen LogP contribution in [0.5, 0.6) is 0 Å². The Kier molecular flexibility index (Phi) is 4.42. The summed E-state index contributed by atoms with van der Waals surface area (Å²) in [6.07, 6.45) is -2.08. The standard InChI is InChI=1S/C19H18NPS/c1-16-9-8-10-17(15-16)20-21(22,18-11-4-2-5-12-18)19-13-6-3-7-14-19/h2-15H,1H3,(H,20,22). The van der Waals surface area contributed by atoms with Crippen LogP contribution in [-0.4, -0.2) is 0 Å². The summed E-state index contributed by atoms with van der Waals surface area (Å²) < 4.78 is 0. The molecule has 0 fully saturated rings. The maximum Gasteiger partial charge on any atom is 0.0903 e. The molecule has 0 saturated heterocycles. The van der Waals surface area contributed by atoms with Crippen LogP contribution in [0, 0.1) is 6.92 Å². The van der Waals surface area contributed by atoms with E-state index in [1.165, 1.54) is 16.2 Å². The van der Waals surface area contributed by atoms with Crippen LogP contribution in [0.2, 0.25) is 0 Å². The van der Waals surface area contributed by atoms with E-state index in [2.05, 4.69) is 84.8 Å². The molecule has 0 aliphatic carbocycles. The Morgan fingerprint density at radius 1 is 0.727 bits per heavy atom. The van der Waals surface area contributed by atoms with Crippen molar-refractivity contribution in [3.8, 4) is 0 Å². The van der Waals surface area contributed by atoms with Gasteiger partial charge < -0.3 is 5.09 Å². The summed E-state index contributed by atoms with van der Waals surface area (Å²) in [7, 11) is 0. The van der Waals surface area contributed by atoms with Gasteiger partial charge in [-0.25, -0.2) is 0 Å². The summed E-state index contributed by atoms with van der Waals surface area (Å²) in [5.74, 6) is 0. The highest BCUT2D eigenvalue weighted by Crippen LogP contribution is 2.43. The van der Waals surface area contributed by atoms with Gasteiger partial charge in [0.25, 0.3) is 0 Å². The molecule has 0 bridgehead atoms. The normalized spacial score (nSPS) is 11.1. The second-order valence-corrected chi connectivity index (χ2v) is 9.38. The molecular formula is C19H18NPS. The van der Waals surface area contributed by atoms with Crippen molar-refractivity contribution in [2.45, 2.75) is 6.92 Å². The van der Waals surface area contributed by atoms with Crippen LogP contribution < -0.4 is 15.7 Å². The van der Waals surface area contributed by atoms with Gasteiger partial charge in [-0.2, -0.15) is 0 Å². The number of anilines is 1. The van der Waals surface area contributed by atoms with Crippen LogP contribution in [0.1, 0.15) is 5.56 Å². The second-order valence-electron chi connectivity index (χ2n) is 5.26. The smallest absolute Gasteiger partial charge is 0.0903 e. The predicted molar refractivity (Wildman–Crippen MR) is 101 cm³/mol. The summed E-state index contributed by atoms with van der Waals surface area (Å²) in [6.45, 7) is 2.10. The molecule has 0 unspecified atom stereocenters. The van der Waals surface area contributed by atoms with E-state index in [0.29, 0.717) is 0 Å². The highest BCUT2D eigenvalue weighted by molar-refractivity contribution is 8.22. The van der Waals surface area contributed by atoms with Gasteiger partial charge in [-0.3, -0.25) is 0 Å². The number of aryl methyl sites for hydroxylation is 1. The summed E-state index contributed by atoms with van der Waals surface area (Å²) >= 11 is 6.16. The van der Waals surface area contributed by atoms with Crippen molar-refractivity contribution in [3.05, 3.63) is 90.5 Å². The lowest BCUT2D eigenvalue weighted by Crippen LogP contribution is -2.21. The van der Waals surface area contributed by atoms with Gasteiger partial charge in [0.15, 0.2) is 0 Å². The molecule has 3 aromatic carbocycles. The van der Waals surface area contributed by atoms with Crippen molar-refractivity contribution in [1.29, 1.82) is 0 Å². The Bertz CT molecular complexity index is 756. The first-order valence-corrected chi connectivity index (χ1v) is 10.0. The van der Waals surface area contributed by atoms with Crippen molar-refractivity contribution in [2.75, 3.05) is 5.09 Å². The van der Waals surface area contributed by atoms with Crippen molar-refractivity contribution < 1.29 is 0 Å². The van der Waals surface area contributed by atoms with Crippen LogP contribution in [0.3, 0.4) is 0 Å². The first-order chi connectivity index (χ1) is 10.7. The molecule has 0 atom stereocenters. The van der Waals surface area contributed by atoms with E-state index in [-0.39, 0.29) is 0 Å². The van der Waals surface area contributed by atoms with Crippen molar-refractivity contribution in [1.82, 2.24) is 0 Å². The lowest BCUT2D eigenvalue weighted by atomic mass is 10.2. The van der Waals surface area contributed by atoms with E-state index < -0.39 is 6.19 Å². The molecule has 3 rings (SSSR count). The monoisotopic (exact) mass is 323 g/mol. The minimum Gasteiger partial charge on any atom is -0.351 e. The van der Waals surface area contributed by atoms with Gasteiger partial charge in [0.1, 0.15) is 0 Å². The Balaban J connectivity index is 2.10.